The Morgan fingerprint density at radius 1 is 1.08 bits per heavy atom. The minimum Gasteiger partial charge on any atom is -0.324 e. The fourth-order valence-corrected chi connectivity index (χ4v) is 5.13. The molecular weight excluding hydrogens is 466 g/mol. The molecule has 1 N–H and O–H groups in total. The highest BCUT2D eigenvalue weighted by molar-refractivity contribution is 6.10. The maximum Gasteiger partial charge on any atom is 0.325 e. The SMILES string of the molecule is CC1(C)NC(=O)N(CC(=O)N2N=C3/C(=C/c4ccc(F)cc4)CCCC3C2c2ccc(F)cc2)C1=O. The van der Waals surface area contributed by atoms with Crippen molar-refractivity contribution in [3.63, 3.8) is 0 Å². The lowest BCUT2D eigenvalue weighted by molar-refractivity contribution is -0.140. The number of hydrazone groups is 1. The van der Waals surface area contributed by atoms with Gasteiger partial charge in [0.2, 0.25) is 0 Å². The number of rotatable bonds is 4. The monoisotopic (exact) mass is 492 g/mol. The van der Waals surface area contributed by atoms with E-state index in [1.54, 1.807) is 38.1 Å². The third-order valence-corrected chi connectivity index (χ3v) is 6.92. The minimum absolute atomic E-state index is 0.139. The van der Waals surface area contributed by atoms with Crippen LogP contribution in [0.4, 0.5) is 13.6 Å². The molecule has 2 heterocycles. The Bertz CT molecular complexity index is 1290. The number of urea groups is 1. The normalized spacial score (nSPS) is 24.1. The first-order valence-corrected chi connectivity index (χ1v) is 11.9. The summed E-state index contributed by atoms with van der Waals surface area (Å²) in [4.78, 5) is 39.5. The van der Waals surface area contributed by atoms with Crippen LogP contribution in [0.15, 0.2) is 59.2 Å². The Morgan fingerprint density at radius 3 is 2.33 bits per heavy atom. The molecule has 1 saturated heterocycles. The molecule has 2 fully saturated rings. The van der Waals surface area contributed by atoms with Crippen LogP contribution in [0.3, 0.4) is 0 Å². The molecule has 0 radical (unpaired) electrons. The average Bonchev–Trinajstić information content (AvgIpc) is 3.32. The number of carbonyl (C=O) groups is 3. The maximum absolute atomic E-state index is 13.7. The van der Waals surface area contributed by atoms with Crippen LogP contribution in [0.2, 0.25) is 0 Å². The van der Waals surface area contributed by atoms with E-state index in [1.807, 2.05) is 6.08 Å². The van der Waals surface area contributed by atoms with Crippen LogP contribution in [0.5, 0.6) is 0 Å². The van der Waals surface area contributed by atoms with Gasteiger partial charge in [-0.15, -0.1) is 0 Å². The third kappa shape index (κ3) is 4.29. The molecule has 3 aliphatic rings. The van der Waals surface area contributed by atoms with Crippen LogP contribution in [0.1, 0.15) is 50.3 Å². The van der Waals surface area contributed by atoms with E-state index in [4.69, 9.17) is 5.10 Å². The molecule has 2 aromatic carbocycles. The van der Waals surface area contributed by atoms with E-state index in [-0.39, 0.29) is 11.7 Å². The van der Waals surface area contributed by atoms with Crippen LogP contribution in [0.25, 0.3) is 6.08 Å². The van der Waals surface area contributed by atoms with Gasteiger partial charge in [-0.2, -0.15) is 5.10 Å². The minimum atomic E-state index is -1.09. The van der Waals surface area contributed by atoms with Crippen LogP contribution >= 0.6 is 0 Å². The van der Waals surface area contributed by atoms with Crippen LogP contribution in [0, 0.1) is 17.6 Å². The summed E-state index contributed by atoms with van der Waals surface area (Å²) in [6, 6.07) is 11.0. The summed E-state index contributed by atoms with van der Waals surface area (Å²) in [5.41, 5.74) is 2.12. The number of benzene rings is 2. The summed E-state index contributed by atoms with van der Waals surface area (Å²) in [5.74, 6) is -1.85. The largest absolute Gasteiger partial charge is 0.325 e. The molecule has 7 nitrogen and oxygen atoms in total. The van der Waals surface area contributed by atoms with E-state index in [9.17, 15) is 23.2 Å². The van der Waals surface area contributed by atoms with Crippen molar-refractivity contribution in [3.05, 3.63) is 76.9 Å². The Kier molecular flexibility index (Phi) is 5.94. The highest BCUT2D eigenvalue weighted by Crippen LogP contribution is 2.44. The molecule has 0 aromatic heterocycles. The molecule has 4 amide bonds. The topological polar surface area (TPSA) is 82.1 Å². The number of allylic oxidation sites excluding steroid dienone is 1. The second-order valence-corrected chi connectivity index (χ2v) is 9.89. The van der Waals surface area contributed by atoms with E-state index < -0.39 is 41.8 Å². The van der Waals surface area contributed by atoms with Gasteiger partial charge in [0.1, 0.15) is 23.7 Å². The third-order valence-electron chi connectivity index (χ3n) is 6.92. The number of carbonyl (C=O) groups excluding carboxylic acids is 3. The Hall–Kier alpha value is -3.88. The molecule has 1 aliphatic carbocycles. The molecule has 1 saturated carbocycles. The number of hydrogen-bond donors (Lipinski definition) is 1. The molecule has 36 heavy (non-hydrogen) atoms. The lowest BCUT2D eigenvalue weighted by atomic mass is 9.77. The zero-order chi connectivity index (χ0) is 25.6. The van der Waals surface area contributed by atoms with Crippen LogP contribution < -0.4 is 5.32 Å². The predicted octanol–water partition coefficient (Wildman–Crippen LogP) is 4.42. The zero-order valence-corrected chi connectivity index (χ0v) is 20.0. The van der Waals surface area contributed by atoms with Gasteiger partial charge in [-0.1, -0.05) is 24.3 Å². The van der Waals surface area contributed by atoms with Gasteiger partial charge in [0, 0.05) is 5.92 Å². The summed E-state index contributed by atoms with van der Waals surface area (Å²) in [6.45, 7) is 2.71. The van der Waals surface area contributed by atoms with E-state index >= 15 is 0 Å². The highest BCUT2D eigenvalue weighted by Gasteiger charge is 2.48. The summed E-state index contributed by atoms with van der Waals surface area (Å²) >= 11 is 0. The van der Waals surface area contributed by atoms with Gasteiger partial charge in [-0.3, -0.25) is 14.5 Å². The molecule has 0 spiro atoms. The highest BCUT2D eigenvalue weighted by atomic mass is 19.1. The average molecular weight is 493 g/mol. The van der Waals surface area contributed by atoms with Gasteiger partial charge in [-0.25, -0.2) is 18.6 Å². The molecule has 9 heteroatoms. The number of fused-ring (bicyclic) bond motifs is 1. The van der Waals surface area contributed by atoms with E-state index in [0.29, 0.717) is 5.56 Å². The first-order valence-electron chi connectivity index (χ1n) is 11.9. The summed E-state index contributed by atoms with van der Waals surface area (Å²) in [7, 11) is 0. The van der Waals surface area contributed by atoms with Gasteiger partial charge in [0.25, 0.3) is 11.8 Å². The van der Waals surface area contributed by atoms with Crippen LogP contribution in [-0.4, -0.2) is 45.5 Å². The summed E-state index contributed by atoms with van der Waals surface area (Å²) in [6.07, 6.45) is 4.31. The molecule has 2 aromatic rings. The van der Waals surface area contributed by atoms with Crippen molar-refractivity contribution < 1.29 is 23.2 Å². The van der Waals surface area contributed by atoms with Crippen molar-refractivity contribution in [2.75, 3.05) is 6.54 Å². The van der Waals surface area contributed by atoms with Crippen molar-refractivity contribution in [3.8, 4) is 0 Å². The lowest BCUT2D eigenvalue weighted by Gasteiger charge is -2.30. The number of imide groups is 1. The van der Waals surface area contributed by atoms with Crippen molar-refractivity contribution in [2.45, 2.75) is 44.7 Å². The number of amides is 4. The van der Waals surface area contributed by atoms with Crippen molar-refractivity contribution in [2.24, 2.45) is 11.0 Å². The van der Waals surface area contributed by atoms with Crippen molar-refractivity contribution >= 4 is 29.6 Å². The summed E-state index contributed by atoms with van der Waals surface area (Å²) < 4.78 is 27.1. The first-order chi connectivity index (χ1) is 17.1. The number of hydrogen-bond acceptors (Lipinski definition) is 4. The van der Waals surface area contributed by atoms with Crippen molar-refractivity contribution in [1.29, 1.82) is 0 Å². The first kappa shape index (κ1) is 23.8. The number of nitrogens with zero attached hydrogens (tertiary/aromatic N) is 3. The second-order valence-electron chi connectivity index (χ2n) is 9.89. The molecule has 2 unspecified atom stereocenters. The second kappa shape index (κ2) is 8.96. The van der Waals surface area contributed by atoms with E-state index in [2.05, 4.69) is 5.32 Å². The standard InChI is InChI=1S/C27H26F2N4O3/c1-27(2)25(35)32(26(36)30-27)15-22(34)33-24(17-8-12-20(29)13-9-17)21-5-3-4-18(23(21)31-33)14-16-6-10-19(28)11-7-16/h6-14,21,24H,3-5,15H2,1-2H3,(H,30,36)/b18-14+. The van der Waals surface area contributed by atoms with E-state index in [1.165, 1.54) is 29.3 Å². The van der Waals surface area contributed by atoms with Crippen LogP contribution in [-0.2, 0) is 9.59 Å². The van der Waals surface area contributed by atoms with Gasteiger partial charge < -0.3 is 5.32 Å². The van der Waals surface area contributed by atoms with Gasteiger partial charge in [-0.05, 0) is 80.2 Å². The molecule has 0 bridgehead atoms. The fourth-order valence-electron chi connectivity index (χ4n) is 5.13. The fraction of sp³-hybridized carbons (Fsp3) is 0.333. The lowest BCUT2D eigenvalue weighted by Crippen LogP contribution is -2.44. The van der Waals surface area contributed by atoms with Gasteiger partial charge in [0.05, 0.1) is 11.8 Å². The predicted molar refractivity (Wildman–Crippen MR) is 129 cm³/mol. The van der Waals surface area contributed by atoms with E-state index in [0.717, 1.165) is 41.0 Å². The molecule has 186 valence electrons. The molecule has 2 atom stereocenters. The van der Waals surface area contributed by atoms with Gasteiger partial charge >= 0.3 is 6.03 Å². The number of halogens is 2. The maximum atomic E-state index is 13.7. The quantitative estimate of drug-likeness (QED) is 0.642. The smallest absolute Gasteiger partial charge is 0.324 e. The van der Waals surface area contributed by atoms with Gasteiger partial charge in [0.15, 0.2) is 0 Å². The Morgan fingerprint density at radius 2 is 1.72 bits per heavy atom. The molecular formula is C27H26F2N4O3. The molecule has 2 aliphatic heterocycles. The Labute approximate surface area is 207 Å². The zero-order valence-electron chi connectivity index (χ0n) is 20.0. The molecule has 5 rings (SSSR count). The van der Waals surface area contributed by atoms with Crippen molar-refractivity contribution in [1.82, 2.24) is 15.2 Å². The Balaban J connectivity index is 1.50. The summed E-state index contributed by atoms with van der Waals surface area (Å²) in [5, 5.41) is 8.62. The number of nitrogens with one attached hydrogen (secondary N) is 1.